The number of benzene rings is 1. The molecule has 7 nitrogen and oxygen atoms in total. The van der Waals surface area contributed by atoms with Crippen molar-refractivity contribution in [2.24, 2.45) is 4.99 Å². The number of para-hydroxylation sites is 1. The molecule has 0 aliphatic carbocycles. The highest BCUT2D eigenvalue weighted by Crippen LogP contribution is 2.31. The first-order valence-electron chi connectivity index (χ1n) is 10.1. The number of rotatable bonds is 7. The predicted octanol–water partition coefficient (Wildman–Crippen LogP) is 2.19. The summed E-state index contributed by atoms with van der Waals surface area (Å²) in [6.07, 6.45) is 3.04. The number of methoxy groups -OCH3 is 1. The Balaban J connectivity index is 0.00000300. The van der Waals surface area contributed by atoms with Gasteiger partial charge in [-0.05, 0) is 45.3 Å². The maximum atomic E-state index is 11.8. The van der Waals surface area contributed by atoms with Crippen LogP contribution in [0.3, 0.4) is 0 Å². The summed E-state index contributed by atoms with van der Waals surface area (Å²) in [5.41, 5.74) is 1.15. The molecule has 0 spiro atoms. The van der Waals surface area contributed by atoms with Crippen LogP contribution in [-0.2, 0) is 9.84 Å². The number of likely N-dealkylation sites (tertiary alicyclic amines) is 1. The van der Waals surface area contributed by atoms with Gasteiger partial charge in [-0.15, -0.1) is 24.0 Å². The summed E-state index contributed by atoms with van der Waals surface area (Å²) in [6, 6.07) is 8.20. The van der Waals surface area contributed by atoms with Crippen molar-refractivity contribution in [2.75, 3.05) is 44.8 Å². The number of hydrogen-bond acceptors (Lipinski definition) is 5. The van der Waals surface area contributed by atoms with Crippen LogP contribution in [0.25, 0.3) is 0 Å². The van der Waals surface area contributed by atoms with Gasteiger partial charge in [-0.25, -0.2) is 8.42 Å². The van der Waals surface area contributed by atoms with Crippen LogP contribution in [0.1, 0.15) is 37.8 Å². The van der Waals surface area contributed by atoms with Crippen LogP contribution in [0, 0.1) is 0 Å². The summed E-state index contributed by atoms with van der Waals surface area (Å²) in [5.74, 6) is 2.00. The zero-order valence-electron chi connectivity index (χ0n) is 17.3. The Morgan fingerprint density at radius 2 is 2.03 bits per heavy atom. The van der Waals surface area contributed by atoms with Crippen molar-refractivity contribution in [3.63, 3.8) is 0 Å². The summed E-state index contributed by atoms with van der Waals surface area (Å²) < 4.78 is 29.1. The fraction of sp³-hybridized carbons (Fsp3) is 0.650. The molecule has 1 aromatic rings. The number of nitrogens with zero attached hydrogens (tertiary/aromatic N) is 2. The van der Waals surface area contributed by atoms with Crippen molar-refractivity contribution in [2.45, 2.75) is 38.3 Å². The lowest BCUT2D eigenvalue weighted by atomic mass is 10.0. The molecule has 2 N–H and O–H groups in total. The molecule has 2 saturated heterocycles. The largest absolute Gasteiger partial charge is 0.496 e. The number of halogens is 1. The molecule has 2 fully saturated rings. The van der Waals surface area contributed by atoms with Crippen LogP contribution >= 0.6 is 24.0 Å². The second-order valence-electron chi connectivity index (χ2n) is 7.46. The molecule has 2 atom stereocenters. The molecule has 0 radical (unpaired) electrons. The maximum absolute atomic E-state index is 11.8. The molecular weight excluding hydrogens is 503 g/mol. The van der Waals surface area contributed by atoms with E-state index in [9.17, 15) is 8.42 Å². The molecule has 1 aromatic carbocycles. The van der Waals surface area contributed by atoms with Gasteiger partial charge in [0.1, 0.15) is 5.75 Å². The van der Waals surface area contributed by atoms with Crippen molar-refractivity contribution in [1.82, 2.24) is 15.5 Å². The van der Waals surface area contributed by atoms with Crippen molar-refractivity contribution in [1.29, 1.82) is 0 Å². The summed E-state index contributed by atoms with van der Waals surface area (Å²) >= 11 is 0. The van der Waals surface area contributed by atoms with Crippen molar-refractivity contribution in [3.05, 3.63) is 29.8 Å². The lowest BCUT2D eigenvalue weighted by Gasteiger charge is -2.28. The monoisotopic (exact) mass is 536 g/mol. The van der Waals surface area contributed by atoms with Crippen LogP contribution in [-0.4, -0.2) is 70.1 Å². The Kier molecular flexibility index (Phi) is 9.48. The van der Waals surface area contributed by atoms with E-state index in [1.54, 1.807) is 7.11 Å². The lowest BCUT2D eigenvalue weighted by Crippen LogP contribution is -2.44. The minimum atomic E-state index is -2.92. The smallest absolute Gasteiger partial charge is 0.191 e. The first-order chi connectivity index (χ1) is 13.5. The number of hydrogen-bond donors (Lipinski definition) is 2. The molecule has 0 bridgehead atoms. The van der Waals surface area contributed by atoms with E-state index in [4.69, 9.17) is 9.73 Å². The van der Waals surface area contributed by atoms with Gasteiger partial charge in [0.05, 0.1) is 31.2 Å². The van der Waals surface area contributed by atoms with Crippen molar-refractivity contribution >= 4 is 39.8 Å². The van der Waals surface area contributed by atoms with Crippen LogP contribution < -0.4 is 15.4 Å². The third-order valence-corrected chi connectivity index (χ3v) is 7.19. The fourth-order valence-electron chi connectivity index (χ4n) is 4.01. The van der Waals surface area contributed by atoms with E-state index >= 15 is 0 Å². The summed E-state index contributed by atoms with van der Waals surface area (Å²) in [7, 11) is -1.22. The average Bonchev–Trinajstić information content (AvgIpc) is 3.32. The standard InChI is InChI=1S/C20H32N4O3S.HI/c1-3-21-20(23-16-10-13-28(25,26)15-16)22-14-18(24-11-6-7-12-24)17-8-4-5-9-19(17)27-2;/h4-5,8-9,16,18H,3,6-7,10-15H2,1-2H3,(H2,21,22,23);1H. The van der Waals surface area contributed by atoms with E-state index in [0.717, 1.165) is 30.9 Å². The van der Waals surface area contributed by atoms with Crippen LogP contribution in [0.4, 0.5) is 0 Å². The third kappa shape index (κ3) is 6.71. The summed E-state index contributed by atoms with van der Waals surface area (Å²) in [5, 5.41) is 6.57. The van der Waals surface area contributed by atoms with Gasteiger partial charge in [-0.3, -0.25) is 9.89 Å². The third-order valence-electron chi connectivity index (χ3n) is 5.42. The minimum absolute atomic E-state index is 0. The highest BCUT2D eigenvalue weighted by Gasteiger charge is 2.29. The highest BCUT2D eigenvalue weighted by molar-refractivity contribution is 14.0. The Morgan fingerprint density at radius 1 is 1.31 bits per heavy atom. The molecular formula is C20H33IN4O3S. The maximum Gasteiger partial charge on any atom is 0.191 e. The SMILES string of the molecule is CCNC(=NCC(c1ccccc1OC)N1CCCC1)NC1CCS(=O)(=O)C1.I. The summed E-state index contributed by atoms with van der Waals surface area (Å²) in [6.45, 7) is 5.45. The molecule has 2 heterocycles. The molecule has 164 valence electrons. The molecule has 3 rings (SSSR count). The van der Waals surface area contributed by atoms with Gasteiger partial charge < -0.3 is 15.4 Å². The second-order valence-corrected chi connectivity index (χ2v) is 9.69. The first kappa shape index (κ1) is 24.2. The van der Waals surface area contributed by atoms with Crippen LogP contribution in [0.2, 0.25) is 0 Å². The Labute approximate surface area is 191 Å². The van der Waals surface area contributed by atoms with Crippen LogP contribution in [0.5, 0.6) is 5.75 Å². The molecule has 0 saturated carbocycles. The number of sulfone groups is 1. The van der Waals surface area contributed by atoms with Crippen LogP contribution in [0.15, 0.2) is 29.3 Å². The van der Waals surface area contributed by atoms with Gasteiger partial charge in [0.25, 0.3) is 0 Å². The minimum Gasteiger partial charge on any atom is -0.496 e. The predicted molar refractivity (Wildman–Crippen MR) is 128 cm³/mol. The van der Waals surface area contributed by atoms with E-state index < -0.39 is 9.84 Å². The normalized spacial score (nSPS) is 22.7. The van der Waals surface area contributed by atoms with E-state index in [1.165, 1.54) is 12.8 Å². The van der Waals surface area contributed by atoms with Crippen molar-refractivity contribution < 1.29 is 13.2 Å². The molecule has 0 amide bonds. The number of ether oxygens (including phenoxy) is 1. The van der Waals surface area contributed by atoms with Gasteiger partial charge >= 0.3 is 0 Å². The van der Waals surface area contributed by atoms with E-state index in [0.29, 0.717) is 18.9 Å². The highest BCUT2D eigenvalue weighted by atomic mass is 127. The Bertz CT molecular complexity index is 782. The van der Waals surface area contributed by atoms with Gasteiger partial charge in [-0.2, -0.15) is 0 Å². The fourth-order valence-corrected chi connectivity index (χ4v) is 5.68. The molecule has 2 aliphatic rings. The quantitative estimate of drug-likeness (QED) is 0.316. The number of guanidine groups is 1. The Hall–Kier alpha value is -1.07. The Morgan fingerprint density at radius 3 is 2.66 bits per heavy atom. The number of aliphatic imine (C=N–C) groups is 1. The number of nitrogens with one attached hydrogen (secondary N) is 2. The first-order valence-corrected chi connectivity index (χ1v) is 12.0. The van der Waals surface area contributed by atoms with Gasteiger partial charge in [0.2, 0.25) is 0 Å². The van der Waals surface area contributed by atoms with Crippen molar-refractivity contribution in [3.8, 4) is 5.75 Å². The zero-order chi connectivity index (χ0) is 20.0. The molecule has 29 heavy (non-hydrogen) atoms. The van der Waals surface area contributed by atoms with E-state index in [2.05, 4.69) is 21.6 Å². The van der Waals surface area contributed by atoms with Gasteiger partial charge in [0.15, 0.2) is 15.8 Å². The lowest BCUT2D eigenvalue weighted by molar-refractivity contribution is 0.245. The zero-order valence-corrected chi connectivity index (χ0v) is 20.4. The van der Waals surface area contributed by atoms with E-state index in [1.807, 2.05) is 25.1 Å². The molecule has 9 heteroatoms. The second kappa shape index (κ2) is 11.4. The topological polar surface area (TPSA) is 83.0 Å². The summed E-state index contributed by atoms with van der Waals surface area (Å²) in [4.78, 5) is 7.29. The van der Waals surface area contributed by atoms with E-state index in [-0.39, 0.29) is 47.6 Å². The molecule has 0 aromatic heterocycles. The molecule has 2 aliphatic heterocycles. The van der Waals surface area contributed by atoms with Gasteiger partial charge in [-0.1, -0.05) is 18.2 Å². The molecule has 2 unspecified atom stereocenters. The average molecular weight is 536 g/mol. The van der Waals surface area contributed by atoms with Gasteiger partial charge in [0, 0.05) is 18.2 Å².